The van der Waals surface area contributed by atoms with E-state index in [4.69, 9.17) is 5.11 Å². The van der Waals surface area contributed by atoms with Gasteiger partial charge in [-0.3, -0.25) is 9.59 Å². The lowest BCUT2D eigenvalue weighted by Gasteiger charge is -2.10. The molecule has 0 aliphatic rings. The van der Waals surface area contributed by atoms with Crippen molar-refractivity contribution in [1.29, 1.82) is 0 Å². The predicted molar refractivity (Wildman–Crippen MR) is 72.0 cm³/mol. The van der Waals surface area contributed by atoms with Crippen LogP contribution in [0.2, 0.25) is 0 Å². The minimum absolute atomic E-state index is 0.0174. The normalized spacial score (nSPS) is 10.4. The van der Waals surface area contributed by atoms with Gasteiger partial charge in [-0.25, -0.2) is 0 Å². The first kappa shape index (κ1) is 13.1. The number of aliphatic carboxylic acids is 1. The maximum Gasteiger partial charge on any atom is 0.307 e. The summed E-state index contributed by atoms with van der Waals surface area (Å²) in [5, 5.41) is 8.73. The van der Waals surface area contributed by atoms with Gasteiger partial charge in [0.2, 0.25) is 0 Å². The van der Waals surface area contributed by atoms with Crippen LogP contribution in [0.5, 0.6) is 0 Å². The van der Waals surface area contributed by atoms with Crippen LogP contribution in [-0.4, -0.2) is 21.9 Å². The third kappa shape index (κ3) is 2.57. The zero-order valence-corrected chi connectivity index (χ0v) is 10.9. The predicted octanol–water partition coefficient (Wildman–Crippen LogP) is 2.53. The van der Waals surface area contributed by atoms with Gasteiger partial charge in [-0.1, -0.05) is 12.1 Å². The molecule has 0 fully saturated rings. The number of carbonyl (C=O) groups is 2. The summed E-state index contributed by atoms with van der Waals surface area (Å²) in [6.07, 6.45) is 0.862. The standard InChI is InChI=1S/C15H15NO3/c1-10-7-13(9-17)11(2)16(10)14-5-3-12(4-6-14)8-15(18)19/h3-7,9H,8H2,1-2H3,(H,18,19). The van der Waals surface area contributed by atoms with Crippen LogP contribution < -0.4 is 0 Å². The summed E-state index contributed by atoms with van der Waals surface area (Å²) in [5.74, 6) is -0.843. The molecule has 1 heterocycles. The number of carbonyl (C=O) groups excluding carboxylic acids is 1. The highest BCUT2D eigenvalue weighted by atomic mass is 16.4. The Labute approximate surface area is 111 Å². The Hall–Kier alpha value is -2.36. The van der Waals surface area contributed by atoms with Crippen LogP contribution in [-0.2, 0) is 11.2 Å². The van der Waals surface area contributed by atoms with Crippen molar-refractivity contribution in [2.24, 2.45) is 0 Å². The molecule has 19 heavy (non-hydrogen) atoms. The molecule has 0 saturated carbocycles. The number of carboxylic acid groups (broad SMARTS) is 1. The van der Waals surface area contributed by atoms with Gasteiger partial charge in [0.1, 0.15) is 0 Å². The third-order valence-corrected chi connectivity index (χ3v) is 3.15. The van der Waals surface area contributed by atoms with Gasteiger partial charge >= 0.3 is 5.97 Å². The zero-order chi connectivity index (χ0) is 14.0. The Bertz CT molecular complexity index is 624. The fourth-order valence-electron chi connectivity index (χ4n) is 2.24. The van der Waals surface area contributed by atoms with Gasteiger partial charge in [0.15, 0.2) is 6.29 Å². The van der Waals surface area contributed by atoms with E-state index in [9.17, 15) is 9.59 Å². The van der Waals surface area contributed by atoms with Crippen molar-refractivity contribution in [3.05, 3.63) is 52.8 Å². The van der Waals surface area contributed by atoms with Gasteiger partial charge in [0, 0.05) is 22.6 Å². The van der Waals surface area contributed by atoms with Crippen molar-refractivity contribution >= 4 is 12.3 Å². The number of hydrogen-bond donors (Lipinski definition) is 1. The first-order valence-corrected chi connectivity index (χ1v) is 5.98. The Kier molecular flexibility index (Phi) is 3.51. The Morgan fingerprint density at radius 1 is 1.26 bits per heavy atom. The van der Waals surface area contributed by atoms with Crippen molar-refractivity contribution in [2.75, 3.05) is 0 Å². The lowest BCUT2D eigenvalue weighted by molar-refractivity contribution is -0.136. The number of carboxylic acids is 1. The molecule has 0 aliphatic heterocycles. The molecule has 0 spiro atoms. The minimum atomic E-state index is -0.843. The van der Waals surface area contributed by atoms with Crippen LogP contribution >= 0.6 is 0 Å². The highest BCUT2D eigenvalue weighted by Crippen LogP contribution is 2.20. The molecule has 0 unspecified atom stereocenters. The molecule has 0 radical (unpaired) electrons. The van der Waals surface area contributed by atoms with Gasteiger partial charge in [-0.15, -0.1) is 0 Å². The smallest absolute Gasteiger partial charge is 0.307 e. The van der Waals surface area contributed by atoms with Gasteiger partial charge < -0.3 is 9.67 Å². The van der Waals surface area contributed by atoms with Crippen molar-refractivity contribution < 1.29 is 14.7 Å². The monoisotopic (exact) mass is 257 g/mol. The van der Waals surface area contributed by atoms with Gasteiger partial charge in [-0.2, -0.15) is 0 Å². The van der Waals surface area contributed by atoms with Crippen LogP contribution in [0.4, 0.5) is 0 Å². The second-order valence-corrected chi connectivity index (χ2v) is 4.52. The summed E-state index contributed by atoms with van der Waals surface area (Å²) < 4.78 is 1.98. The second-order valence-electron chi connectivity index (χ2n) is 4.52. The molecular weight excluding hydrogens is 242 g/mol. The van der Waals surface area contributed by atoms with E-state index < -0.39 is 5.97 Å². The van der Waals surface area contributed by atoms with Crippen molar-refractivity contribution in [3.8, 4) is 5.69 Å². The summed E-state index contributed by atoms with van der Waals surface area (Å²) >= 11 is 0. The maximum absolute atomic E-state index is 10.9. The molecule has 1 aromatic heterocycles. The van der Waals surface area contributed by atoms with E-state index in [1.165, 1.54) is 0 Å². The number of rotatable bonds is 4. The summed E-state index contributed by atoms with van der Waals surface area (Å²) in [7, 11) is 0. The van der Waals surface area contributed by atoms with Crippen molar-refractivity contribution in [3.63, 3.8) is 0 Å². The largest absolute Gasteiger partial charge is 0.481 e. The highest BCUT2D eigenvalue weighted by molar-refractivity contribution is 5.77. The number of aryl methyl sites for hydroxylation is 1. The Balaban J connectivity index is 2.40. The average Bonchev–Trinajstić information content (AvgIpc) is 2.65. The lowest BCUT2D eigenvalue weighted by Crippen LogP contribution is -2.02. The van der Waals surface area contributed by atoms with E-state index in [1.54, 1.807) is 12.1 Å². The van der Waals surface area contributed by atoms with E-state index in [2.05, 4.69) is 0 Å². The molecule has 1 aromatic carbocycles. The summed E-state index contributed by atoms with van der Waals surface area (Å²) in [6.45, 7) is 3.83. The molecule has 0 atom stereocenters. The number of hydrogen-bond acceptors (Lipinski definition) is 2. The van der Waals surface area contributed by atoms with E-state index in [-0.39, 0.29) is 6.42 Å². The molecule has 0 amide bonds. The van der Waals surface area contributed by atoms with E-state index in [1.807, 2.05) is 36.6 Å². The summed E-state index contributed by atoms with van der Waals surface area (Å²) in [6, 6.07) is 9.17. The van der Waals surface area contributed by atoms with Gasteiger partial charge in [-0.05, 0) is 37.6 Å². The molecule has 0 bridgehead atoms. The molecule has 1 N–H and O–H groups in total. The number of nitrogens with zero attached hydrogens (tertiary/aromatic N) is 1. The quantitative estimate of drug-likeness (QED) is 0.856. The summed E-state index contributed by atoms with van der Waals surface area (Å²) in [5.41, 5.74) is 4.22. The summed E-state index contributed by atoms with van der Waals surface area (Å²) in [4.78, 5) is 21.6. The van der Waals surface area contributed by atoms with Gasteiger partial charge in [0.25, 0.3) is 0 Å². The van der Waals surface area contributed by atoms with Crippen LogP contribution in [0.3, 0.4) is 0 Å². The average molecular weight is 257 g/mol. The van der Waals surface area contributed by atoms with E-state index in [0.29, 0.717) is 5.56 Å². The first-order chi connectivity index (χ1) is 9.02. The SMILES string of the molecule is Cc1cc(C=O)c(C)n1-c1ccc(CC(=O)O)cc1. The lowest BCUT2D eigenvalue weighted by atomic mass is 10.1. The molecule has 2 aromatic rings. The zero-order valence-electron chi connectivity index (χ0n) is 10.9. The Morgan fingerprint density at radius 3 is 2.37 bits per heavy atom. The van der Waals surface area contributed by atoms with Crippen molar-refractivity contribution in [1.82, 2.24) is 4.57 Å². The number of benzene rings is 1. The Morgan fingerprint density at radius 2 is 1.89 bits per heavy atom. The minimum Gasteiger partial charge on any atom is -0.481 e. The molecule has 2 rings (SSSR count). The number of aldehydes is 1. The van der Waals surface area contributed by atoms with E-state index >= 15 is 0 Å². The van der Waals surface area contributed by atoms with Crippen LogP contribution in [0.15, 0.2) is 30.3 Å². The molecule has 4 nitrogen and oxygen atoms in total. The topological polar surface area (TPSA) is 59.3 Å². The molecular formula is C15H15NO3. The van der Waals surface area contributed by atoms with Crippen LogP contribution in [0, 0.1) is 13.8 Å². The maximum atomic E-state index is 10.9. The fourth-order valence-corrected chi connectivity index (χ4v) is 2.24. The van der Waals surface area contributed by atoms with Crippen LogP contribution in [0.25, 0.3) is 5.69 Å². The molecule has 0 aliphatic carbocycles. The number of aromatic nitrogens is 1. The van der Waals surface area contributed by atoms with Crippen molar-refractivity contribution in [2.45, 2.75) is 20.3 Å². The molecule has 98 valence electrons. The third-order valence-electron chi connectivity index (χ3n) is 3.15. The van der Waals surface area contributed by atoms with Crippen LogP contribution in [0.1, 0.15) is 27.3 Å². The first-order valence-electron chi connectivity index (χ1n) is 5.98. The highest BCUT2D eigenvalue weighted by Gasteiger charge is 2.10. The van der Waals surface area contributed by atoms with Gasteiger partial charge in [0.05, 0.1) is 6.42 Å². The second kappa shape index (κ2) is 5.10. The molecule has 4 heteroatoms. The molecule has 0 saturated heterocycles. The fraction of sp³-hybridized carbons (Fsp3) is 0.200. The van der Waals surface area contributed by atoms with E-state index in [0.717, 1.165) is 28.9 Å².